The van der Waals surface area contributed by atoms with Gasteiger partial charge in [-0.2, -0.15) is 5.26 Å². The Balaban J connectivity index is 2.36. The maximum Gasteiger partial charge on any atom is 0.142 e. The molecule has 1 aromatic heterocycles. The highest BCUT2D eigenvalue weighted by Gasteiger charge is 2.15. The number of ether oxygens (including phenoxy) is 1. The summed E-state index contributed by atoms with van der Waals surface area (Å²) in [4.78, 5) is 4.35. The minimum atomic E-state index is -0.242. The van der Waals surface area contributed by atoms with Crippen molar-refractivity contribution in [3.8, 4) is 11.8 Å². The average Bonchev–Trinajstić information content (AvgIpc) is 2.39. The highest BCUT2D eigenvalue weighted by molar-refractivity contribution is 5.29. The first-order valence-electron chi connectivity index (χ1n) is 6.69. The van der Waals surface area contributed by atoms with Crippen molar-refractivity contribution in [1.29, 1.82) is 5.26 Å². The van der Waals surface area contributed by atoms with Crippen LogP contribution in [0.2, 0.25) is 0 Å². The highest BCUT2D eigenvalue weighted by atomic mass is 16.5. The number of rotatable bonds is 7. The van der Waals surface area contributed by atoms with Crippen LogP contribution in [-0.4, -0.2) is 11.6 Å². The summed E-state index contributed by atoms with van der Waals surface area (Å²) in [6.45, 7) is 6.89. The molecule has 0 saturated carbocycles. The maximum absolute atomic E-state index is 8.92. The van der Waals surface area contributed by atoms with Gasteiger partial charge in [-0.25, -0.2) is 0 Å². The fourth-order valence-electron chi connectivity index (χ4n) is 1.78. The van der Waals surface area contributed by atoms with Crippen LogP contribution < -0.4 is 10.5 Å². The van der Waals surface area contributed by atoms with E-state index in [2.05, 4.69) is 11.1 Å². The Labute approximate surface area is 115 Å². The van der Waals surface area contributed by atoms with Gasteiger partial charge in [0.05, 0.1) is 23.8 Å². The number of aryl methyl sites for hydroxylation is 1. The van der Waals surface area contributed by atoms with Gasteiger partial charge in [-0.15, -0.1) is 0 Å². The number of unbranched alkanes of at least 4 members (excludes halogenated alkanes) is 1. The Kier molecular flexibility index (Phi) is 5.78. The average molecular weight is 261 g/mol. The fourth-order valence-corrected chi connectivity index (χ4v) is 1.78. The minimum absolute atomic E-state index is 0.242. The summed E-state index contributed by atoms with van der Waals surface area (Å²) >= 11 is 0. The van der Waals surface area contributed by atoms with Gasteiger partial charge < -0.3 is 10.5 Å². The van der Waals surface area contributed by atoms with Crippen molar-refractivity contribution in [3.63, 3.8) is 0 Å². The van der Waals surface area contributed by atoms with Gasteiger partial charge in [-0.05, 0) is 52.2 Å². The number of aromatic nitrogens is 1. The van der Waals surface area contributed by atoms with Crippen LogP contribution in [0, 0.1) is 23.7 Å². The Bertz CT molecular complexity index is 449. The lowest BCUT2D eigenvalue weighted by Crippen LogP contribution is -2.09. The maximum atomic E-state index is 8.92. The summed E-state index contributed by atoms with van der Waals surface area (Å²) in [5, 5.41) is 8.92. The first-order chi connectivity index (χ1) is 8.98. The van der Waals surface area contributed by atoms with E-state index >= 15 is 0 Å². The second kappa shape index (κ2) is 7.10. The quantitative estimate of drug-likeness (QED) is 0.766. The molecule has 1 rings (SSSR count). The lowest BCUT2D eigenvalue weighted by molar-refractivity contribution is 0.291. The summed E-state index contributed by atoms with van der Waals surface area (Å²) in [6.07, 6.45) is 2.81. The van der Waals surface area contributed by atoms with Gasteiger partial charge >= 0.3 is 0 Å². The van der Waals surface area contributed by atoms with Crippen molar-refractivity contribution < 1.29 is 4.74 Å². The smallest absolute Gasteiger partial charge is 0.142 e. The Hall–Kier alpha value is -1.60. The molecule has 0 atom stereocenters. The third-order valence-corrected chi connectivity index (χ3v) is 3.02. The van der Waals surface area contributed by atoms with Crippen molar-refractivity contribution in [3.05, 3.63) is 23.5 Å². The first-order valence-corrected chi connectivity index (χ1v) is 6.69. The first kappa shape index (κ1) is 15.5. The molecule has 0 aliphatic carbocycles. The second-order valence-electron chi connectivity index (χ2n) is 5.40. The van der Waals surface area contributed by atoms with Crippen LogP contribution in [0.15, 0.2) is 12.1 Å². The number of hydrogen-bond acceptors (Lipinski definition) is 4. The zero-order chi connectivity index (χ0) is 14.3. The molecule has 0 aromatic carbocycles. The van der Waals surface area contributed by atoms with E-state index in [0.29, 0.717) is 13.2 Å². The van der Waals surface area contributed by atoms with Crippen molar-refractivity contribution in [2.24, 2.45) is 11.1 Å². The van der Waals surface area contributed by atoms with E-state index in [4.69, 9.17) is 15.7 Å². The summed E-state index contributed by atoms with van der Waals surface area (Å²) in [6, 6.07) is 6.15. The Morgan fingerprint density at radius 1 is 1.37 bits per heavy atom. The van der Waals surface area contributed by atoms with Gasteiger partial charge in [-0.3, -0.25) is 4.98 Å². The zero-order valence-corrected chi connectivity index (χ0v) is 12.1. The predicted molar refractivity (Wildman–Crippen MR) is 75.6 cm³/mol. The molecule has 0 fully saturated rings. The van der Waals surface area contributed by atoms with Crippen molar-refractivity contribution >= 4 is 0 Å². The van der Waals surface area contributed by atoms with Gasteiger partial charge in [0, 0.05) is 12.2 Å². The zero-order valence-electron chi connectivity index (χ0n) is 12.1. The largest absolute Gasteiger partial charge is 0.492 e. The van der Waals surface area contributed by atoms with E-state index in [9.17, 15) is 0 Å². The number of nitrogens with two attached hydrogens (primary N) is 1. The van der Waals surface area contributed by atoms with Crippen LogP contribution >= 0.6 is 0 Å². The summed E-state index contributed by atoms with van der Waals surface area (Å²) in [7, 11) is 0. The number of nitriles is 1. The lowest BCUT2D eigenvalue weighted by Gasteiger charge is -2.15. The van der Waals surface area contributed by atoms with E-state index in [1.807, 2.05) is 32.9 Å². The van der Waals surface area contributed by atoms with Crippen LogP contribution in [0.5, 0.6) is 5.75 Å². The van der Waals surface area contributed by atoms with Crippen LogP contribution in [-0.2, 0) is 6.54 Å². The second-order valence-corrected chi connectivity index (χ2v) is 5.40. The molecule has 0 aliphatic heterocycles. The van der Waals surface area contributed by atoms with Gasteiger partial charge in [0.25, 0.3) is 0 Å². The molecular weight excluding hydrogens is 238 g/mol. The molecule has 104 valence electrons. The highest BCUT2D eigenvalue weighted by Crippen LogP contribution is 2.22. The van der Waals surface area contributed by atoms with Gasteiger partial charge in [0.15, 0.2) is 0 Å². The van der Waals surface area contributed by atoms with Gasteiger partial charge in [-0.1, -0.05) is 0 Å². The summed E-state index contributed by atoms with van der Waals surface area (Å²) in [5.74, 6) is 0.771. The van der Waals surface area contributed by atoms with E-state index in [0.717, 1.165) is 36.4 Å². The molecule has 0 radical (unpaired) electrons. The van der Waals surface area contributed by atoms with Crippen LogP contribution in [0.1, 0.15) is 44.5 Å². The Morgan fingerprint density at radius 2 is 2.11 bits per heavy atom. The standard InChI is InChI=1S/C15H23N3O/c1-12-6-7-14(13(10-16)18-12)19-9-5-4-8-15(2,3)11-17/h6-7H,4-5,8-10,16H2,1-3H3. The molecule has 1 aromatic rings. The van der Waals surface area contributed by atoms with Gasteiger partial charge in [0.1, 0.15) is 5.75 Å². The molecule has 0 amide bonds. The third kappa shape index (κ3) is 5.27. The monoisotopic (exact) mass is 261 g/mol. The molecule has 4 nitrogen and oxygen atoms in total. The molecule has 0 aliphatic rings. The molecular formula is C15H23N3O. The molecule has 0 spiro atoms. The number of nitrogens with zero attached hydrogens (tertiary/aromatic N) is 2. The molecule has 1 heterocycles. The normalized spacial score (nSPS) is 11.1. The van der Waals surface area contributed by atoms with Gasteiger partial charge in [0.2, 0.25) is 0 Å². The molecule has 19 heavy (non-hydrogen) atoms. The molecule has 2 N–H and O–H groups in total. The van der Waals surface area contributed by atoms with Crippen molar-refractivity contribution in [1.82, 2.24) is 4.98 Å². The number of hydrogen-bond donors (Lipinski definition) is 1. The molecule has 0 saturated heterocycles. The molecule has 0 bridgehead atoms. The van der Waals surface area contributed by atoms with Crippen LogP contribution in [0.4, 0.5) is 0 Å². The topological polar surface area (TPSA) is 71.9 Å². The summed E-state index contributed by atoms with van der Waals surface area (Å²) < 4.78 is 5.71. The van der Waals surface area contributed by atoms with E-state index in [1.54, 1.807) is 0 Å². The third-order valence-electron chi connectivity index (χ3n) is 3.02. The molecule has 4 heteroatoms. The summed E-state index contributed by atoms with van der Waals surface area (Å²) in [5.41, 5.74) is 7.16. The van der Waals surface area contributed by atoms with E-state index in [1.165, 1.54) is 0 Å². The Morgan fingerprint density at radius 3 is 2.74 bits per heavy atom. The van der Waals surface area contributed by atoms with Crippen molar-refractivity contribution in [2.45, 2.75) is 46.6 Å². The van der Waals surface area contributed by atoms with E-state index < -0.39 is 0 Å². The predicted octanol–water partition coefficient (Wildman–Crippen LogP) is 2.95. The SMILES string of the molecule is Cc1ccc(OCCCCC(C)(C)C#N)c(CN)n1. The van der Waals surface area contributed by atoms with E-state index in [-0.39, 0.29) is 5.41 Å². The van der Waals surface area contributed by atoms with Crippen LogP contribution in [0.25, 0.3) is 0 Å². The minimum Gasteiger partial charge on any atom is -0.492 e. The lowest BCUT2D eigenvalue weighted by atomic mass is 9.89. The molecule has 0 unspecified atom stereocenters. The van der Waals surface area contributed by atoms with Crippen molar-refractivity contribution in [2.75, 3.05) is 6.61 Å². The fraction of sp³-hybridized carbons (Fsp3) is 0.600. The number of pyridine rings is 1. The van der Waals surface area contributed by atoms with Crippen LogP contribution in [0.3, 0.4) is 0 Å².